The number of benzene rings is 3. The highest BCUT2D eigenvalue weighted by Crippen LogP contribution is 2.24. The molecule has 1 aliphatic rings. The zero-order valence-electron chi connectivity index (χ0n) is 22.9. The van der Waals surface area contributed by atoms with Gasteiger partial charge in [-0.2, -0.15) is 4.99 Å². The molecule has 0 unspecified atom stereocenters. The van der Waals surface area contributed by atoms with Crippen LogP contribution in [0.1, 0.15) is 29.8 Å². The number of aliphatic imine (C=N–C) groups is 1. The lowest BCUT2D eigenvalue weighted by molar-refractivity contribution is 0.265. The van der Waals surface area contributed by atoms with E-state index in [1.54, 1.807) is 0 Å². The molecule has 1 aliphatic heterocycles. The van der Waals surface area contributed by atoms with Crippen LogP contribution in [0.5, 0.6) is 11.5 Å². The standard InChI is InChI=1S/C32H34N6OS/c1-23-21-24(2)34-30(33-23)36-31(38-19-17-26(18-20-38)22-25-9-5-3-6-10-25)37-32(40)35-27-13-15-29(16-14-27)39-28-11-7-4-8-12-28/h3-16,21,26H,17-20,22H2,1-2H3,(H2,33,34,35,36,37,40). The Morgan fingerprint density at radius 3 is 2.10 bits per heavy atom. The van der Waals surface area contributed by atoms with E-state index in [-0.39, 0.29) is 0 Å². The quantitative estimate of drug-likeness (QED) is 0.152. The summed E-state index contributed by atoms with van der Waals surface area (Å²) in [5.41, 5.74) is 4.02. The van der Waals surface area contributed by atoms with Crippen LogP contribution in [0.15, 0.2) is 96.0 Å². The van der Waals surface area contributed by atoms with Crippen LogP contribution in [0.2, 0.25) is 0 Å². The van der Waals surface area contributed by atoms with Crippen LogP contribution in [0.25, 0.3) is 0 Å². The lowest BCUT2D eigenvalue weighted by atomic mass is 9.90. The minimum Gasteiger partial charge on any atom is -0.457 e. The number of hydrogen-bond acceptors (Lipinski definition) is 4. The zero-order chi connectivity index (χ0) is 27.7. The molecule has 0 radical (unpaired) electrons. The molecule has 4 aromatic rings. The molecule has 5 rings (SSSR count). The number of likely N-dealkylation sites (tertiary alicyclic amines) is 1. The number of nitrogens with zero attached hydrogens (tertiary/aromatic N) is 4. The van der Waals surface area contributed by atoms with Crippen molar-refractivity contribution in [2.45, 2.75) is 33.1 Å². The maximum atomic E-state index is 5.90. The third-order valence-corrected chi connectivity index (χ3v) is 6.97. The van der Waals surface area contributed by atoms with Gasteiger partial charge in [-0.15, -0.1) is 0 Å². The molecule has 204 valence electrons. The minimum absolute atomic E-state index is 0.356. The summed E-state index contributed by atoms with van der Waals surface area (Å²) in [6.45, 7) is 5.68. The Morgan fingerprint density at radius 1 is 0.850 bits per heavy atom. The molecular weight excluding hydrogens is 516 g/mol. The third-order valence-electron chi connectivity index (χ3n) is 6.78. The highest BCUT2D eigenvalue weighted by molar-refractivity contribution is 7.80. The van der Waals surface area contributed by atoms with Gasteiger partial charge in [-0.25, -0.2) is 9.97 Å². The number of thiocarbonyl (C=S) groups is 1. The summed E-state index contributed by atoms with van der Waals surface area (Å²) in [5.74, 6) is 3.36. The summed E-state index contributed by atoms with van der Waals surface area (Å²) in [4.78, 5) is 16.2. The Morgan fingerprint density at radius 2 is 1.45 bits per heavy atom. The van der Waals surface area contributed by atoms with Gasteiger partial charge in [0.05, 0.1) is 0 Å². The second-order valence-corrected chi connectivity index (χ2v) is 10.4. The number of aryl methyl sites for hydroxylation is 2. The lowest BCUT2D eigenvalue weighted by Crippen LogP contribution is -2.43. The van der Waals surface area contributed by atoms with Gasteiger partial charge in [0.25, 0.3) is 0 Å². The molecule has 0 bridgehead atoms. The molecule has 0 amide bonds. The normalized spacial score (nSPS) is 14.1. The van der Waals surface area contributed by atoms with Crippen molar-refractivity contribution in [1.82, 2.24) is 14.9 Å². The Hall–Kier alpha value is -4.30. The van der Waals surface area contributed by atoms with Crippen LogP contribution in [0, 0.1) is 19.8 Å². The highest BCUT2D eigenvalue weighted by Gasteiger charge is 2.23. The molecule has 0 atom stereocenters. The summed E-state index contributed by atoms with van der Waals surface area (Å²) in [6, 6.07) is 30.0. The van der Waals surface area contributed by atoms with Gasteiger partial charge in [0, 0.05) is 30.2 Å². The number of piperidine rings is 1. The molecule has 2 heterocycles. The molecule has 8 heteroatoms. The predicted octanol–water partition coefficient (Wildman–Crippen LogP) is 7.01. The number of rotatable bonds is 6. The Kier molecular flexibility index (Phi) is 8.98. The summed E-state index contributed by atoms with van der Waals surface area (Å²) in [5, 5.41) is 6.94. The molecule has 1 fully saturated rings. The van der Waals surface area contributed by atoms with Crippen molar-refractivity contribution in [3.05, 3.63) is 108 Å². The molecule has 0 saturated carbocycles. The Labute approximate surface area is 241 Å². The predicted molar refractivity (Wildman–Crippen MR) is 166 cm³/mol. The first-order valence-corrected chi connectivity index (χ1v) is 14.0. The van der Waals surface area contributed by atoms with Crippen LogP contribution in [-0.2, 0) is 6.42 Å². The van der Waals surface area contributed by atoms with Gasteiger partial charge in [-0.3, -0.25) is 5.32 Å². The smallest absolute Gasteiger partial charge is 0.229 e. The van der Waals surface area contributed by atoms with Crippen molar-refractivity contribution >= 4 is 34.9 Å². The van der Waals surface area contributed by atoms with Crippen LogP contribution in [0.4, 0.5) is 11.6 Å². The number of guanidine groups is 1. The van der Waals surface area contributed by atoms with Gasteiger partial charge in [-0.05, 0) is 99.3 Å². The van der Waals surface area contributed by atoms with Crippen molar-refractivity contribution in [3.63, 3.8) is 0 Å². The monoisotopic (exact) mass is 550 g/mol. The van der Waals surface area contributed by atoms with Crippen LogP contribution >= 0.6 is 12.2 Å². The maximum absolute atomic E-state index is 5.90. The molecule has 7 nitrogen and oxygen atoms in total. The molecule has 0 spiro atoms. The summed E-state index contributed by atoms with van der Waals surface area (Å²) in [7, 11) is 0. The average molecular weight is 551 g/mol. The molecule has 1 saturated heterocycles. The molecule has 0 aliphatic carbocycles. The number of para-hydroxylation sites is 1. The van der Waals surface area contributed by atoms with E-state index >= 15 is 0 Å². The fourth-order valence-corrected chi connectivity index (χ4v) is 5.04. The Bertz CT molecular complexity index is 1420. The fraction of sp³-hybridized carbons (Fsp3) is 0.250. The van der Waals surface area contributed by atoms with Gasteiger partial charge in [-0.1, -0.05) is 48.5 Å². The van der Waals surface area contributed by atoms with E-state index in [4.69, 9.17) is 21.9 Å². The van der Waals surface area contributed by atoms with Gasteiger partial charge < -0.3 is 15.0 Å². The van der Waals surface area contributed by atoms with Gasteiger partial charge in [0.2, 0.25) is 17.0 Å². The topological polar surface area (TPSA) is 74.7 Å². The van der Waals surface area contributed by atoms with Crippen molar-refractivity contribution < 1.29 is 4.74 Å². The van der Waals surface area contributed by atoms with Crippen LogP contribution in [0.3, 0.4) is 0 Å². The van der Waals surface area contributed by atoms with E-state index in [1.165, 1.54) is 5.56 Å². The number of nitrogens with one attached hydrogen (secondary N) is 2. The molecule has 1 aromatic heterocycles. The van der Waals surface area contributed by atoms with E-state index < -0.39 is 0 Å². The van der Waals surface area contributed by atoms with E-state index in [1.807, 2.05) is 74.5 Å². The number of ether oxygens (including phenoxy) is 1. The minimum atomic E-state index is 0.356. The number of anilines is 2. The largest absolute Gasteiger partial charge is 0.457 e. The molecule has 40 heavy (non-hydrogen) atoms. The first kappa shape index (κ1) is 27.3. The zero-order valence-corrected chi connectivity index (χ0v) is 23.7. The second-order valence-electron chi connectivity index (χ2n) is 10.0. The van der Waals surface area contributed by atoms with Gasteiger partial charge in [0.1, 0.15) is 11.5 Å². The molecule has 3 aromatic carbocycles. The fourth-order valence-electron chi connectivity index (χ4n) is 4.83. The second kappa shape index (κ2) is 13.2. The van der Waals surface area contributed by atoms with E-state index in [0.717, 1.165) is 60.9 Å². The van der Waals surface area contributed by atoms with Gasteiger partial charge >= 0.3 is 0 Å². The average Bonchev–Trinajstić information content (AvgIpc) is 2.95. The van der Waals surface area contributed by atoms with E-state index in [9.17, 15) is 0 Å². The summed E-state index contributed by atoms with van der Waals surface area (Å²) < 4.78 is 5.90. The maximum Gasteiger partial charge on any atom is 0.229 e. The van der Waals surface area contributed by atoms with Crippen molar-refractivity contribution in [3.8, 4) is 11.5 Å². The number of aromatic nitrogens is 2. The Balaban J connectivity index is 1.27. The number of hydrogen-bond donors (Lipinski definition) is 2. The van der Waals surface area contributed by atoms with Crippen molar-refractivity contribution in [2.75, 3.05) is 23.7 Å². The SMILES string of the molecule is Cc1cc(C)nc(N/C(=N/C(=S)Nc2ccc(Oc3ccccc3)cc2)N2CCC(Cc3ccccc3)CC2)n1. The third kappa shape index (κ3) is 7.86. The first-order valence-electron chi connectivity index (χ1n) is 13.6. The van der Waals surface area contributed by atoms with Crippen molar-refractivity contribution in [2.24, 2.45) is 10.9 Å². The summed E-state index contributed by atoms with van der Waals surface area (Å²) >= 11 is 5.66. The van der Waals surface area contributed by atoms with Crippen LogP contribution in [-0.4, -0.2) is 39.0 Å². The van der Waals surface area contributed by atoms with Crippen molar-refractivity contribution in [1.29, 1.82) is 0 Å². The summed E-state index contributed by atoms with van der Waals surface area (Å²) in [6.07, 6.45) is 3.25. The highest BCUT2D eigenvalue weighted by atomic mass is 32.1. The molecular formula is C32H34N6OS. The first-order chi connectivity index (χ1) is 19.5. The van der Waals surface area contributed by atoms with E-state index in [0.29, 0.717) is 22.9 Å². The molecule has 2 N–H and O–H groups in total. The lowest BCUT2D eigenvalue weighted by Gasteiger charge is -2.34. The van der Waals surface area contributed by atoms with Crippen LogP contribution < -0.4 is 15.4 Å². The van der Waals surface area contributed by atoms with Gasteiger partial charge in [0.15, 0.2) is 0 Å². The van der Waals surface area contributed by atoms with E-state index in [2.05, 4.69) is 55.8 Å².